The molecule has 3 aliphatic heterocycles. The van der Waals surface area contributed by atoms with Crippen LogP contribution in [0.4, 0.5) is 0 Å². The van der Waals surface area contributed by atoms with E-state index in [1.54, 1.807) is 0 Å². The molecule has 0 aliphatic carbocycles. The standard InChI is InChI=1S/C15H29N3/c1-16-8-5-15(6-9-16)4-3-7-18(13-15)12-14-10-17(2)11-14/h14H,3-13H2,1-2H3. The first-order valence-electron chi connectivity index (χ1n) is 7.75. The monoisotopic (exact) mass is 251 g/mol. The smallest absolute Gasteiger partial charge is 0.00391 e. The minimum atomic E-state index is 0.681. The summed E-state index contributed by atoms with van der Waals surface area (Å²) in [4.78, 5) is 7.73. The van der Waals surface area contributed by atoms with Crippen LogP contribution < -0.4 is 0 Å². The topological polar surface area (TPSA) is 9.72 Å². The maximum atomic E-state index is 2.78. The lowest BCUT2D eigenvalue weighted by Gasteiger charge is -2.49. The molecule has 3 aliphatic rings. The molecular formula is C15H29N3. The molecule has 0 saturated carbocycles. The molecule has 18 heavy (non-hydrogen) atoms. The van der Waals surface area contributed by atoms with Crippen molar-refractivity contribution in [1.82, 2.24) is 14.7 Å². The van der Waals surface area contributed by atoms with E-state index >= 15 is 0 Å². The molecule has 0 aromatic rings. The van der Waals surface area contributed by atoms with Gasteiger partial charge in [-0.1, -0.05) is 0 Å². The van der Waals surface area contributed by atoms with Crippen LogP contribution in [-0.2, 0) is 0 Å². The molecule has 3 heteroatoms. The molecule has 3 rings (SSSR count). The Hall–Kier alpha value is -0.120. The fourth-order valence-corrected chi connectivity index (χ4v) is 4.28. The Morgan fingerprint density at radius 3 is 2.33 bits per heavy atom. The summed E-state index contributed by atoms with van der Waals surface area (Å²) in [6.07, 6.45) is 5.79. The molecule has 0 radical (unpaired) electrons. The molecule has 1 spiro atoms. The van der Waals surface area contributed by atoms with Crippen molar-refractivity contribution in [3.8, 4) is 0 Å². The molecule has 3 heterocycles. The fraction of sp³-hybridized carbons (Fsp3) is 1.00. The first-order valence-corrected chi connectivity index (χ1v) is 7.75. The van der Waals surface area contributed by atoms with Gasteiger partial charge in [-0.25, -0.2) is 0 Å². The third-order valence-electron chi connectivity index (χ3n) is 5.44. The predicted molar refractivity (Wildman–Crippen MR) is 75.8 cm³/mol. The Morgan fingerprint density at radius 1 is 0.944 bits per heavy atom. The highest BCUT2D eigenvalue weighted by atomic mass is 15.2. The number of hydrogen-bond acceptors (Lipinski definition) is 3. The van der Waals surface area contributed by atoms with Crippen LogP contribution >= 0.6 is 0 Å². The lowest BCUT2D eigenvalue weighted by atomic mass is 9.72. The molecule has 3 saturated heterocycles. The van der Waals surface area contributed by atoms with Crippen molar-refractivity contribution < 1.29 is 0 Å². The SMILES string of the molecule is CN1CCC2(CCCN(CC3CN(C)C3)C2)CC1. The van der Waals surface area contributed by atoms with Crippen molar-refractivity contribution in [2.45, 2.75) is 25.7 Å². The summed E-state index contributed by atoms with van der Waals surface area (Å²) in [7, 11) is 4.52. The van der Waals surface area contributed by atoms with E-state index in [2.05, 4.69) is 28.8 Å². The van der Waals surface area contributed by atoms with E-state index < -0.39 is 0 Å². The van der Waals surface area contributed by atoms with Crippen molar-refractivity contribution in [1.29, 1.82) is 0 Å². The fourth-order valence-electron chi connectivity index (χ4n) is 4.28. The normalized spacial score (nSPS) is 31.7. The number of nitrogens with zero attached hydrogens (tertiary/aromatic N) is 3. The quantitative estimate of drug-likeness (QED) is 0.734. The molecule has 0 aromatic heterocycles. The number of hydrogen-bond donors (Lipinski definition) is 0. The Labute approximate surface area is 112 Å². The van der Waals surface area contributed by atoms with Gasteiger partial charge in [-0.3, -0.25) is 0 Å². The van der Waals surface area contributed by atoms with E-state index in [-0.39, 0.29) is 0 Å². The predicted octanol–water partition coefficient (Wildman–Crippen LogP) is 1.36. The second-order valence-corrected chi connectivity index (χ2v) is 7.23. The molecule has 0 atom stereocenters. The highest BCUT2D eigenvalue weighted by Crippen LogP contribution is 2.39. The molecule has 0 bridgehead atoms. The van der Waals surface area contributed by atoms with Crippen LogP contribution in [0.25, 0.3) is 0 Å². The van der Waals surface area contributed by atoms with Crippen LogP contribution in [0.5, 0.6) is 0 Å². The van der Waals surface area contributed by atoms with Crippen molar-refractivity contribution in [3.63, 3.8) is 0 Å². The molecule has 3 nitrogen and oxygen atoms in total. The van der Waals surface area contributed by atoms with Gasteiger partial charge in [0.05, 0.1) is 0 Å². The average molecular weight is 251 g/mol. The first kappa shape index (κ1) is 12.9. The van der Waals surface area contributed by atoms with Crippen molar-refractivity contribution in [2.75, 3.05) is 59.9 Å². The van der Waals surface area contributed by atoms with Gasteiger partial charge in [-0.05, 0) is 70.7 Å². The Bertz CT molecular complexity index is 277. The summed E-state index contributed by atoms with van der Waals surface area (Å²) in [6.45, 7) is 9.40. The summed E-state index contributed by atoms with van der Waals surface area (Å²) < 4.78 is 0. The lowest BCUT2D eigenvalue weighted by molar-refractivity contribution is 0.00699. The van der Waals surface area contributed by atoms with Gasteiger partial charge >= 0.3 is 0 Å². The largest absolute Gasteiger partial charge is 0.306 e. The van der Waals surface area contributed by atoms with E-state index in [4.69, 9.17) is 0 Å². The van der Waals surface area contributed by atoms with Crippen LogP contribution in [-0.4, -0.2) is 74.6 Å². The van der Waals surface area contributed by atoms with E-state index in [9.17, 15) is 0 Å². The van der Waals surface area contributed by atoms with Gasteiger partial charge in [-0.2, -0.15) is 0 Å². The summed E-state index contributed by atoms with van der Waals surface area (Å²) in [5, 5.41) is 0. The van der Waals surface area contributed by atoms with E-state index in [0.717, 1.165) is 5.92 Å². The van der Waals surface area contributed by atoms with Crippen LogP contribution in [0.3, 0.4) is 0 Å². The van der Waals surface area contributed by atoms with Gasteiger partial charge in [0.1, 0.15) is 0 Å². The Balaban J connectivity index is 1.52. The van der Waals surface area contributed by atoms with Gasteiger partial charge in [0.15, 0.2) is 0 Å². The van der Waals surface area contributed by atoms with Crippen molar-refractivity contribution in [3.05, 3.63) is 0 Å². The lowest BCUT2D eigenvalue weighted by Crippen LogP contribution is -2.54. The second-order valence-electron chi connectivity index (χ2n) is 7.23. The first-order chi connectivity index (χ1) is 8.65. The number of rotatable bonds is 2. The zero-order chi connectivity index (χ0) is 12.6. The summed E-state index contributed by atoms with van der Waals surface area (Å²) >= 11 is 0. The van der Waals surface area contributed by atoms with Crippen LogP contribution in [0.15, 0.2) is 0 Å². The summed E-state index contributed by atoms with van der Waals surface area (Å²) in [6, 6.07) is 0. The summed E-state index contributed by atoms with van der Waals surface area (Å²) in [5.74, 6) is 0.955. The average Bonchev–Trinajstić information content (AvgIpc) is 2.32. The van der Waals surface area contributed by atoms with E-state index in [1.165, 1.54) is 71.5 Å². The van der Waals surface area contributed by atoms with Crippen LogP contribution in [0.1, 0.15) is 25.7 Å². The minimum Gasteiger partial charge on any atom is -0.306 e. The molecular weight excluding hydrogens is 222 g/mol. The zero-order valence-corrected chi connectivity index (χ0v) is 12.2. The number of likely N-dealkylation sites (tertiary alicyclic amines) is 3. The third kappa shape index (κ3) is 2.73. The van der Waals surface area contributed by atoms with Gasteiger partial charge < -0.3 is 14.7 Å². The molecule has 0 N–H and O–H groups in total. The Morgan fingerprint density at radius 2 is 1.67 bits per heavy atom. The molecule has 0 unspecified atom stereocenters. The van der Waals surface area contributed by atoms with Crippen molar-refractivity contribution in [2.24, 2.45) is 11.3 Å². The molecule has 104 valence electrons. The summed E-state index contributed by atoms with van der Waals surface area (Å²) in [5.41, 5.74) is 0.681. The highest BCUT2D eigenvalue weighted by molar-refractivity contribution is 4.92. The third-order valence-corrected chi connectivity index (χ3v) is 5.44. The molecule has 0 amide bonds. The molecule has 3 fully saturated rings. The van der Waals surface area contributed by atoms with E-state index in [1.807, 2.05) is 0 Å². The van der Waals surface area contributed by atoms with Crippen molar-refractivity contribution >= 4 is 0 Å². The van der Waals surface area contributed by atoms with E-state index in [0.29, 0.717) is 5.41 Å². The maximum absolute atomic E-state index is 2.78. The van der Waals surface area contributed by atoms with Gasteiger partial charge in [0.25, 0.3) is 0 Å². The van der Waals surface area contributed by atoms with Gasteiger partial charge in [0, 0.05) is 26.2 Å². The maximum Gasteiger partial charge on any atom is 0.00391 e. The van der Waals surface area contributed by atoms with Gasteiger partial charge in [0.2, 0.25) is 0 Å². The van der Waals surface area contributed by atoms with Crippen LogP contribution in [0, 0.1) is 11.3 Å². The zero-order valence-electron chi connectivity index (χ0n) is 12.2. The van der Waals surface area contributed by atoms with Gasteiger partial charge in [-0.15, -0.1) is 0 Å². The highest BCUT2D eigenvalue weighted by Gasteiger charge is 2.38. The number of piperidine rings is 2. The second kappa shape index (κ2) is 5.10. The Kier molecular flexibility index (Phi) is 3.65. The minimum absolute atomic E-state index is 0.681. The molecule has 0 aromatic carbocycles. The van der Waals surface area contributed by atoms with Crippen LogP contribution in [0.2, 0.25) is 0 Å².